The molecule has 27 heavy (non-hydrogen) atoms. The predicted molar refractivity (Wildman–Crippen MR) is 103 cm³/mol. The first-order valence-electron chi connectivity index (χ1n) is 9.09. The van der Waals surface area contributed by atoms with Crippen LogP contribution in [0.3, 0.4) is 0 Å². The third-order valence-corrected chi connectivity index (χ3v) is 4.87. The zero-order valence-electron chi connectivity index (χ0n) is 15.3. The van der Waals surface area contributed by atoms with Crippen molar-refractivity contribution < 1.29 is 14.3 Å². The van der Waals surface area contributed by atoms with E-state index in [9.17, 15) is 4.79 Å². The Kier molecular flexibility index (Phi) is 6.36. The van der Waals surface area contributed by atoms with Gasteiger partial charge < -0.3 is 20.1 Å². The fourth-order valence-corrected chi connectivity index (χ4v) is 3.38. The van der Waals surface area contributed by atoms with Gasteiger partial charge >= 0.3 is 0 Å². The zero-order valence-corrected chi connectivity index (χ0v) is 16.2. The van der Waals surface area contributed by atoms with Gasteiger partial charge in [0, 0.05) is 49.3 Å². The number of hydrogen-bond donors (Lipinski definition) is 3. The topological polar surface area (TPSA) is 88.3 Å². The van der Waals surface area contributed by atoms with Crippen LogP contribution in [0.1, 0.15) is 39.3 Å². The average Bonchev–Trinajstić information content (AvgIpc) is 3.30. The van der Waals surface area contributed by atoms with E-state index >= 15 is 0 Å². The number of carbonyl (C=O) groups is 1. The summed E-state index contributed by atoms with van der Waals surface area (Å²) in [4.78, 5) is 12.6. The summed E-state index contributed by atoms with van der Waals surface area (Å²) in [5.74, 6) is 0.647. The van der Waals surface area contributed by atoms with Crippen LogP contribution in [0.15, 0.2) is 18.2 Å². The van der Waals surface area contributed by atoms with E-state index in [0.717, 1.165) is 54.1 Å². The third-order valence-electron chi connectivity index (χ3n) is 4.87. The van der Waals surface area contributed by atoms with Gasteiger partial charge in [-0.3, -0.25) is 9.89 Å². The molecule has 146 valence electrons. The van der Waals surface area contributed by atoms with Crippen molar-refractivity contribution in [1.29, 1.82) is 0 Å². The van der Waals surface area contributed by atoms with Crippen molar-refractivity contribution in [2.24, 2.45) is 0 Å². The molecule has 2 aliphatic heterocycles. The number of aryl methyl sites for hydroxylation is 1. The van der Waals surface area contributed by atoms with Crippen LogP contribution in [0.5, 0.6) is 5.75 Å². The number of carbonyl (C=O) groups excluding carboxylic acids is 1. The molecule has 3 heterocycles. The lowest BCUT2D eigenvalue weighted by Crippen LogP contribution is -2.28. The summed E-state index contributed by atoms with van der Waals surface area (Å²) in [7, 11) is 0. The molecule has 0 spiro atoms. The highest BCUT2D eigenvalue weighted by atomic mass is 35.5. The Morgan fingerprint density at radius 1 is 1.44 bits per heavy atom. The summed E-state index contributed by atoms with van der Waals surface area (Å²) in [5, 5.41) is 13.4. The summed E-state index contributed by atoms with van der Waals surface area (Å²) in [6.45, 7) is 5.37. The molecular formula is C19H25ClN4O3. The SMILES string of the molecule is Cc1ccc(CNC(=O)c2n[nH]c3c2CNCC3)c(OC2CCOC2)c1.Cl. The van der Waals surface area contributed by atoms with Crippen molar-refractivity contribution >= 4 is 18.3 Å². The van der Waals surface area contributed by atoms with Crippen molar-refractivity contribution in [2.75, 3.05) is 19.8 Å². The number of hydrogen-bond acceptors (Lipinski definition) is 5. The molecule has 2 aromatic rings. The first-order chi connectivity index (χ1) is 12.7. The second-order valence-electron chi connectivity index (χ2n) is 6.85. The summed E-state index contributed by atoms with van der Waals surface area (Å²) < 4.78 is 11.5. The van der Waals surface area contributed by atoms with Gasteiger partial charge in [0.25, 0.3) is 5.91 Å². The van der Waals surface area contributed by atoms with E-state index in [0.29, 0.717) is 25.4 Å². The average molecular weight is 393 g/mol. The highest BCUT2D eigenvalue weighted by Gasteiger charge is 2.22. The van der Waals surface area contributed by atoms with E-state index in [2.05, 4.69) is 20.8 Å². The number of H-pyrrole nitrogens is 1. The maximum Gasteiger partial charge on any atom is 0.272 e. The highest BCUT2D eigenvalue weighted by molar-refractivity contribution is 5.94. The van der Waals surface area contributed by atoms with E-state index < -0.39 is 0 Å². The lowest BCUT2D eigenvalue weighted by molar-refractivity contribution is 0.0944. The van der Waals surface area contributed by atoms with Gasteiger partial charge in [-0.2, -0.15) is 5.10 Å². The molecule has 1 amide bonds. The van der Waals surface area contributed by atoms with Gasteiger partial charge in [-0.25, -0.2) is 0 Å². The van der Waals surface area contributed by atoms with Crippen molar-refractivity contribution in [3.05, 3.63) is 46.3 Å². The monoisotopic (exact) mass is 392 g/mol. The Morgan fingerprint density at radius 3 is 3.15 bits per heavy atom. The van der Waals surface area contributed by atoms with Crippen LogP contribution in [-0.2, 0) is 24.2 Å². The van der Waals surface area contributed by atoms with Crippen LogP contribution in [0, 0.1) is 6.92 Å². The van der Waals surface area contributed by atoms with Gasteiger partial charge in [-0.05, 0) is 18.6 Å². The Labute approximate surface area is 164 Å². The maximum absolute atomic E-state index is 12.6. The number of amides is 1. The van der Waals surface area contributed by atoms with Gasteiger partial charge in [0.1, 0.15) is 11.9 Å². The molecule has 0 saturated carbocycles. The molecule has 1 saturated heterocycles. The van der Waals surface area contributed by atoms with Crippen LogP contribution >= 0.6 is 12.4 Å². The molecule has 0 radical (unpaired) electrons. The number of aromatic nitrogens is 2. The predicted octanol–water partition coefficient (Wildman–Crippen LogP) is 1.88. The van der Waals surface area contributed by atoms with Gasteiger partial charge in [-0.15, -0.1) is 12.4 Å². The van der Waals surface area contributed by atoms with Crippen molar-refractivity contribution in [1.82, 2.24) is 20.8 Å². The van der Waals surface area contributed by atoms with Gasteiger partial charge in [-0.1, -0.05) is 12.1 Å². The Morgan fingerprint density at radius 2 is 2.33 bits per heavy atom. The molecule has 1 fully saturated rings. The van der Waals surface area contributed by atoms with Crippen LogP contribution < -0.4 is 15.4 Å². The van der Waals surface area contributed by atoms with Crippen molar-refractivity contribution in [3.63, 3.8) is 0 Å². The molecule has 1 aromatic heterocycles. The fourth-order valence-electron chi connectivity index (χ4n) is 3.38. The Bertz CT molecular complexity index is 802. The minimum absolute atomic E-state index is 0. The normalized spacial score (nSPS) is 18.5. The summed E-state index contributed by atoms with van der Waals surface area (Å²) in [6, 6.07) is 6.04. The molecule has 0 bridgehead atoms. The number of aromatic amines is 1. The van der Waals surface area contributed by atoms with E-state index in [1.807, 2.05) is 25.1 Å². The second-order valence-corrected chi connectivity index (χ2v) is 6.85. The molecule has 1 unspecified atom stereocenters. The number of nitrogens with zero attached hydrogens (tertiary/aromatic N) is 1. The maximum atomic E-state index is 12.6. The number of rotatable bonds is 5. The zero-order chi connectivity index (χ0) is 17.9. The third kappa shape index (κ3) is 4.43. The molecule has 0 aliphatic carbocycles. The Balaban J connectivity index is 0.00000210. The van der Waals surface area contributed by atoms with Crippen molar-refractivity contribution in [3.8, 4) is 5.75 Å². The van der Waals surface area contributed by atoms with Gasteiger partial charge in [0.2, 0.25) is 0 Å². The largest absolute Gasteiger partial charge is 0.488 e. The lowest BCUT2D eigenvalue weighted by atomic mass is 10.1. The first kappa shape index (κ1) is 19.7. The molecule has 1 atom stereocenters. The lowest BCUT2D eigenvalue weighted by Gasteiger charge is -2.17. The molecule has 2 aliphatic rings. The van der Waals surface area contributed by atoms with E-state index in [1.165, 1.54) is 0 Å². The van der Waals surface area contributed by atoms with Crippen LogP contribution in [0.2, 0.25) is 0 Å². The van der Waals surface area contributed by atoms with Crippen LogP contribution in [-0.4, -0.2) is 42.0 Å². The summed E-state index contributed by atoms with van der Waals surface area (Å²) in [6.07, 6.45) is 1.84. The second kappa shape index (κ2) is 8.73. The van der Waals surface area contributed by atoms with Crippen LogP contribution in [0.4, 0.5) is 0 Å². The Hall–Kier alpha value is -2.09. The standard InChI is InChI=1S/C19H24N4O3.ClH/c1-12-2-3-13(17(8-12)26-14-5-7-25-11-14)9-21-19(24)18-15-10-20-6-4-16(15)22-23-18;/h2-3,8,14,20H,4-7,9-11H2,1H3,(H,21,24)(H,22,23);1H. The molecule has 8 heteroatoms. The summed E-state index contributed by atoms with van der Waals surface area (Å²) in [5.41, 5.74) is 4.58. The molecule has 7 nitrogen and oxygen atoms in total. The first-order valence-corrected chi connectivity index (χ1v) is 9.09. The number of nitrogens with one attached hydrogen (secondary N) is 3. The van der Waals surface area contributed by atoms with Gasteiger partial charge in [0.05, 0.1) is 13.2 Å². The molecule has 4 rings (SSSR count). The minimum atomic E-state index is -0.165. The molecule has 3 N–H and O–H groups in total. The fraction of sp³-hybridized carbons (Fsp3) is 0.474. The summed E-state index contributed by atoms with van der Waals surface area (Å²) >= 11 is 0. The minimum Gasteiger partial charge on any atom is -0.488 e. The molecular weight excluding hydrogens is 368 g/mol. The smallest absolute Gasteiger partial charge is 0.272 e. The van der Waals surface area contributed by atoms with E-state index in [1.54, 1.807) is 0 Å². The van der Waals surface area contributed by atoms with E-state index in [-0.39, 0.29) is 24.4 Å². The quantitative estimate of drug-likeness (QED) is 0.723. The van der Waals surface area contributed by atoms with E-state index in [4.69, 9.17) is 9.47 Å². The number of benzene rings is 1. The number of fused-ring (bicyclic) bond motifs is 1. The van der Waals surface area contributed by atoms with Crippen LogP contribution in [0.25, 0.3) is 0 Å². The van der Waals surface area contributed by atoms with Crippen molar-refractivity contribution in [2.45, 2.75) is 39.0 Å². The number of halogens is 1. The molecule has 1 aromatic carbocycles. The highest BCUT2D eigenvalue weighted by Crippen LogP contribution is 2.24. The van der Waals surface area contributed by atoms with Gasteiger partial charge in [0.15, 0.2) is 5.69 Å². The number of ether oxygens (including phenoxy) is 2.